The molecular weight excluding hydrogens is 569 g/mol. The smallest absolute Gasteiger partial charge is 0.178 e. The molecule has 0 aromatic carbocycles. The van der Waals surface area contributed by atoms with Gasteiger partial charge in [0.15, 0.2) is 5.82 Å². The van der Waals surface area contributed by atoms with Crippen LogP contribution in [0.25, 0.3) is 27.8 Å². The Morgan fingerprint density at radius 1 is 0.953 bits per heavy atom. The van der Waals surface area contributed by atoms with Crippen LogP contribution < -0.4 is 11.5 Å². The minimum absolute atomic E-state index is 0.575. The molecule has 0 atom stereocenters. The molecule has 220 valence electrons. The van der Waals surface area contributed by atoms with E-state index < -0.39 is 0 Å². The maximum Gasteiger partial charge on any atom is 0.178 e. The number of hydrogen-bond donors (Lipinski definition) is 2. The molecule has 0 aliphatic heterocycles. The number of nitrogens with zero attached hydrogens (tertiary/aromatic N) is 4. The molecule has 0 saturated carbocycles. The van der Waals surface area contributed by atoms with Gasteiger partial charge in [-0.05, 0) is 117 Å². The molecule has 4 heterocycles. The van der Waals surface area contributed by atoms with E-state index in [0.717, 1.165) is 51.1 Å². The summed E-state index contributed by atoms with van der Waals surface area (Å²) in [6.07, 6.45) is 9.67. The molecule has 0 fully saturated rings. The molecule has 0 saturated heterocycles. The standard InChI is InChI=1S/C35H38N6S2/c1-22-16-33(42-20-22)30(37)18-28(39-27(6)24(3)10-7-11-25(4)36)13-9-14-29-19-32(34-17-23(2)21-43-34)41-35(40-29)31-15-8-12-26(5)38-31/h7-8,10-12,15-21H,3,6,9,13-14,36-37H2,1-2,4-5H3/b10-7-,25-11-,30-18-,39-28-. The molecule has 0 aliphatic rings. The van der Waals surface area contributed by atoms with Gasteiger partial charge in [0.25, 0.3) is 0 Å². The van der Waals surface area contributed by atoms with Crippen molar-refractivity contribution in [2.75, 3.05) is 0 Å². The van der Waals surface area contributed by atoms with Gasteiger partial charge < -0.3 is 11.5 Å². The van der Waals surface area contributed by atoms with E-state index in [1.807, 2.05) is 56.4 Å². The van der Waals surface area contributed by atoms with Gasteiger partial charge in [0, 0.05) is 22.8 Å². The van der Waals surface area contributed by atoms with Crippen molar-refractivity contribution in [3.63, 3.8) is 0 Å². The average molecular weight is 607 g/mol. The van der Waals surface area contributed by atoms with Crippen molar-refractivity contribution in [3.05, 3.63) is 129 Å². The SMILES string of the molecule is C=C(/C=C\C=C(\C)N)C(=C)/N=C(\C=C(/N)c1cc(C)cs1)CCCc1cc(-c2cc(C)cs2)nc(-c2cccc(C)n2)n1. The van der Waals surface area contributed by atoms with Crippen molar-refractivity contribution in [3.8, 4) is 22.1 Å². The van der Waals surface area contributed by atoms with E-state index in [9.17, 15) is 0 Å². The van der Waals surface area contributed by atoms with Gasteiger partial charge in [-0.3, -0.25) is 4.99 Å². The Hall–Kier alpha value is -4.40. The van der Waals surface area contributed by atoms with Crippen molar-refractivity contribution >= 4 is 34.1 Å². The number of aromatic nitrogens is 3. The molecule has 0 radical (unpaired) electrons. The number of hydrogen-bond acceptors (Lipinski definition) is 8. The maximum atomic E-state index is 6.52. The molecule has 43 heavy (non-hydrogen) atoms. The van der Waals surface area contributed by atoms with Crippen LogP contribution in [0.15, 0.2) is 107 Å². The number of aliphatic imine (C=N–C) groups is 1. The van der Waals surface area contributed by atoms with Crippen molar-refractivity contribution in [1.29, 1.82) is 0 Å². The summed E-state index contributed by atoms with van der Waals surface area (Å²) in [5, 5.41) is 4.23. The number of thiophene rings is 2. The van der Waals surface area contributed by atoms with Crippen molar-refractivity contribution in [1.82, 2.24) is 15.0 Å². The second-order valence-electron chi connectivity index (χ2n) is 10.5. The largest absolute Gasteiger partial charge is 0.402 e. The minimum Gasteiger partial charge on any atom is -0.402 e. The Morgan fingerprint density at radius 2 is 1.72 bits per heavy atom. The highest BCUT2D eigenvalue weighted by Crippen LogP contribution is 2.28. The van der Waals surface area contributed by atoms with Gasteiger partial charge in [0.2, 0.25) is 0 Å². The van der Waals surface area contributed by atoms with Gasteiger partial charge >= 0.3 is 0 Å². The molecule has 4 N–H and O–H groups in total. The van der Waals surface area contributed by atoms with E-state index in [1.54, 1.807) is 22.7 Å². The number of rotatable bonds is 12. The van der Waals surface area contributed by atoms with Crippen LogP contribution in [-0.4, -0.2) is 20.7 Å². The molecule has 8 heteroatoms. The first-order valence-corrected chi connectivity index (χ1v) is 15.8. The van der Waals surface area contributed by atoms with E-state index in [-0.39, 0.29) is 0 Å². The molecule has 0 aliphatic carbocycles. The third-order valence-electron chi connectivity index (χ3n) is 6.39. The first-order chi connectivity index (χ1) is 20.6. The second-order valence-corrected chi connectivity index (χ2v) is 12.3. The Kier molecular flexibility index (Phi) is 10.8. The maximum absolute atomic E-state index is 6.52. The first-order valence-electron chi connectivity index (χ1n) is 14.0. The molecule has 4 aromatic rings. The van der Waals surface area contributed by atoms with Crippen LogP contribution in [0, 0.1) is 20.8 Å². The summed E-state index contributed by atoms with van der Waals surface area (Å²) in [7, 11) is 0. The molecule has 0 bridgehead atoms. The van der Waals surface area contributed by atoms with Crippen molar-refractivity contribution in [2.24, 2.45) is 16.5 Å². The quantitative estimate of drug-likeness (QED) is 0.124. The number of pyridine rings is 1. The molecule has 6 nitrogen and oxygen atoms in total. The lowest BCUT2D eigenvalue weighted by Gasteiger charge is -2.09. The Morgan fingerprint density at radius 3 is 2.40 bits per heavy atom. The zero-order valence-electron chi connectivity index (χ0n) is 25.2. The van der Waals surface area contributed by atoms with Crippen LogP contribution in [0.1, 0.15) is 47.2 Å². The summed E-state index contributed by atoms with van der Waals surface area (Å²) in [4.78, 5) is 21.5. The number of aryl methyl sites for hydroxylation is 4. The first kappa shape index (κ1) is 31.5. The van der Waals surface area contributed by atoms with E-state index in [0.29, 0.717) is 34.9 Å². The molecular formula is C35H38N6S2. The normalized spacial score (nSPS) is 12.7. The van der Waals surface area contributed by atoms with Gasteiger partial charge in [-0.2, -0.15) is 0 Å². The Balaban J connectivity index is 1.60. The minimum atomic E-state index is 0.575. The molecule has 0 spiro atoms. The lowest BCUT2D eigenvalue weighted by molar-refractivity contribution is 0.833. The highest BCUT2D eigenvalue weighted by Gasteiger charge is 2.12. The fourth-order valence-electron chi connectivity index (χ4n) is 4.20. The third-order valence-corrected chi connectivity index (χ3v) is 8.56. The lowest BCUT2D eigenvalue weighted by atomic mass is 10.1. The summed E-state index contributed by atoms with van der Waals surface area (Å²) in [6, 6.07) is 12.2. The highest BCUT2D eigenvalue weighted by molar-refractivity contribution is 7.13. The summed E-state index contributed by atoms with van der Waals surface area (Å²) < 4.78 is 0. The van der Waals surface area contributed by atoms with Crippen LogP contribution in [0.4, 0.5) is 0 Å². The Labute approximate surface area is 262 Å². The monoisotopic (exact) mass is 606 g/mol. The molecule has 4 aromatic heterocycles. The molecule has 0 unspecified atom stereocenters. The van der Waals surface area contributed by atoms with Gasteiger partial charge in [-0.25, -0.2) is 15.0 Å². The van der Waals surface area contributed by atoms with Crippen LogP contribution in [0.3, 0.4) is 0 Å². The van der Waals surface area contributed by atoms with E-state index >= 15 is 0 Å². The third kappa shape index (κ3) is 9.30. The summed E-state index contributed by atoms with van der Waals surface area (Å²) in [5.74, 6) is 0.631. The zero-order chi connectivity index (χ0) is 30.9. The van der Waals surface area contributed by atoms with Gasteiger partial charge in [-0.1, -0.05) is 31.4 Å². The highest BCUT2D eigenvalue weighted by atomic mass is 32.1. The average Bonchev–Trinajstić information content (AvgIpc) is 3.60. The molecule has 0 amide bonds. The van der Waals surface area contributed by atoms with Crippen LogP contribution >= 0.6 is 22.7 Å². The zero-order valence-corrected chi connectivity index (χ0v) is 26.9. The van der Waals surface area contributed by atoms with E-state index in [2.05, 4.69) is 60.9 Å². The second kappa shape index (κ2) is 14.7. The lowest BCUT2D eigenvalue weighted by Crippen LogP contribution is -2.04. The summed E-state index contributed by atoms with van der Waals surface area (Å²) >= 11 is 3.31. The fraction of sp³-hybridized carbons (Fsp3) is 0.200. The predicted octanol–water partition coefficient (Wildman–Crippen LogP) is 8.51. The topological polar surface area (TPSA) is 103 Å². The Bertz CT molecular complexity index is 1740. The predicted molar refractivity (Wildman–Crippen MR) is 185 cm³/mol. The molecule has 4 rings (SSSR count). The van der Waals surface area contributed by atoms with Crippen LogP contribution in [0.5, 0.6) is 0 Å². The van der Waals surface area contributed by atoms with Crippen LogP contribution in [0.2, 0.25) is 0 Å². The fourth-order valence-corrected chi connectivity index (χ4v) is 5.89. The van der Waals surface area contributed by atoms with E-state index in [1.165, 1.54) is 11.1 Å². The number of allylic oxidation sites excluding steroid dienone is 5. The summed E-state index contributed by atoms with van der Waals surface area (Å²) in [6.45, 7) is 16.2. The van der Waals surface area contributed by atoms with Crippen molar-refractivity contribution in [2.45, 2.75) is 47.0 Å². The van der Waals surface area contributed by atoms with Crippen LogP contribution in [-0.2, 0) is 6.42 Å². The van der Waals surface area contributed by atoms with E-state index in [4.69, 9.17) is 26.4 Å². The van der Waals surface area contributed by atoms with Gasteiger partial charge in [0.05, 0.1) is 26.8 Å². The van der Waals surface area contributed by atoms with Crippen molar-refractivity contribution < 1.29 is 0 Å². The van der Waals surface area contributed by atoms with Gasteiger partial charge in [-0.15, -0.1) is 22.7 Å². The number of nitrogens with two attached hydrogens (primary N) is 2. The van der Waals surface area contributed by atoms with Gasteiger partial charge in [0.1, 0.15) is 5.69 Å². The summed E-state index contributed by atoms with van der Waals surface area (Å²) in [5.41, 5.74) is 21.7.